The van der Waals surface area contributed by atoms with Gasteiger partial charge in [-0.05, 0) is 32.9 Å². The largest absolute Gasteiger partial charge is 0.447 e. The summed E-state index contributed by atoms with van der Waals surface area (Å²) in [4.78, 5) is 50.6. The summed E-state index contributed by atoms with van der Waals surface area (Å²) in [5, 5.41) is 5.30. The van der Waals surface area contributed by atoms with Crippen LogP contribution < -0.4 is 10.6 Å². The molecule has 8 nitrogen and oxygen atoms in total. The van der Waals surface area contributed by atoms with Crippen molar-refractivity contribution in [1.82, 2.24) is 10.2 Å². The first-order valence-electron chi connectivity index (χ1n) is 9.93. The first kappa shape index (κ1) is 22.0. The summed E-state index contributed by atoms with van der Waals surface area (Å²) in [6.07, 6.45) is -1.40. The number of aryl methyl sites for hydroxylation is 1. The van der Waals surface area contributed by atoms with Gasteiger partial charge in [0.25, 0.3) is 11.8 Å². The Morgan fingerprint density at radius 3 is 2.29 bits per heavy atom. The molecule has 1 fully saturated rings. The summed E-state index contributed by atoms with van der Waals surface area (Å²) in [6.45, 7) is 4.99. The van der Waals surface area contributed by atoms with Crippen LogP contribution in [0.25, 0.3) is 0 Å². The van der Waals surface area contributed by atoms with Crippen LogP contribution in [0.3, 0.4) is 0 Å². The maximum absolute atomic E-state index is 12.9. The van der Waals surface area contributed by atoms with E-state index in [0.29, 0.717) is 11.3 Å². The van der Waals surface area contributed by atoms with Gasteiger partial charge in [-0.25, -0.2) is 4.79 Å². The Morgan fingerprint density at radius 1 is 1.06 bits per heavy atom. The van der Waals surface area contributed by atoms with E-state index in [0.717, 1.165) is 10.5 Å². The number of carbonyl (C=O) groups excluding carboxylic acids is 4. The van der Waals surface area contributed by atoms with Crippen LogP contribution in [0.4, 0.5) is 10.5 Å². The lowest BCUT2D eigenvalue weighted by Crippen LogP contribution is -2.40. The van der Waals surface area contributed by atoms with E-state index in [1.54, 1.807) is 56.3 Å². The van der Waals surface area contributed by atoms with Crippen LogP contribution in [-0.2, 0) is 19.1 Å². The molecule has 0 aromatic heterocycles. The molecular weight excluding hydrogens is 398 g/mol. The third-order valence-electron chi connectivity index (χ3n) is 4.89. The Morgan fingerprint density at radius 2 is 1.71 bits per heavy atom. The van der Waals surface area contributed by atoms with Gasteiger partial charge in [-0.3, -0.25) is 19.3 Å². The van der Waals surface area contributed by atoms with Crippen molar-refractivity contribution < 1.29 is 23.9 Å². The highest BCUT2D eigenvalue weighted by molar-refractivity contribution is 6.06. The average molecular weight is 423 g/mol. The molecular formula is C23H25N3O5. The van der Waals surface area contributed by atoms with Crippen molar-refractivity contribution in [3.05, 3.63) is 65.7 Å². The molecule has 31 heavy (non-hydrogen) atoms. The Balaban J connectivity index is 1.68. The molecule has 1 aliphatic rings. The molecule has 1 atom stereocenters. The topological polar surface area (TPSA) is 105 Å². The number of carbonyl (C=O) groups is 4. The van der Waals surface area contributed by atoms with Crippen molar-refractivity contribution in [2.45, 2.75) is 38.8 Å². The van der Waals surface area contributed by atoms with Crippen LogP contribution in [0, 0.1) is 6.92 Å². The number of anilines is 1. The molecule has 0 unspecified atom stereocenters. The third kappa shape index (κ3) is 5.28. The maximum atomic E-state index is 12.9. The van der Waals surface area contributed by atoms with E-state index >= 15 is 0 Å². The highest BCUT2D eigenvalue weighted by atomic mass is 16.5. The lowest BCUT2D eigenvalue weighted by molar-refractivity contribution is -0.155. The van der Waals surface area contributed by atoms with E-state index in [1.165, 1.54) is 0 Å². The monoisotopic (exact) mass is 423 g/mol. The maximum Gasteiger partial charge on any atom is 0.325 e. The second-order valence-electron chi connectivity index (χ2n) is 7.90. The second-order valence-corrected chi connectivity index (χ2v) is 7.90. The van der Waals surface area contributed by atoms with Gasteiger partial charge in [0.05, 0.1) is 6.42 Å². The SMILES string of the molecule is Cc1ccc(NC(=O)[C@@H](OC(=O)CCN2C(=O)NC(C)(C)C2=O)c2ccccc2)cc1. The smallest absolute Gasteiger partial charge is 0.325 e. The highest BCUT2D eigenvalue weighted by Gasteiger charge is 2.44. The fourth-order valence-electron chi connectivity index (χ4n) is 3.16. The Labute approximate surface area is 180 Å². The predicted molar refractivity (Wildman–Crippen MR) is 114 cm³/mol. The second kappa shape index (κ2) is 8.99. The third-order valence-corrected chi connectivity index (χ3v) is 4.89. The number of amides is 4. The standard InChI is InChI=1S/C23H25N3O5/c1-15-9-11-17(12-10-15)24-20(28)19(16-7-5-4-6-8-16)31-18(27)13-14-26-21(29)23(2,3)25-22(26)30/h4-12,19H,13-14H2,1-3H3,(H,24,28)(H,25,30)/t19-/m0/s1. The van der Waals surface area contributed by atoms with Crippen molar-refractivity contribution >= 4 is 29.5 Å². The first-order valence-corrected chi connectivity index (χ1v) is 9.93. The van der Waals surface area contributed by atoms with Gasteiger partial charge < -0.3 is 15.4 Å². The minimum absolute atomic E-state index is 0.131. The van der Waals surface area contributed by atoms with Crippen molar-refractivity contribution in [2.24, 2.45) is 0 Å². The minimum Gasteiger partial charge on any atom is -0.447 e. The van der Waals surface area contributed by atoms with Gasteiger partial charge in [0.1, 0.15) is 5.54 Å². The summed E-state index contributed by atoms with van der Waals surface area (Å²) >= 11 is 0. The Kier molecular flexibility index (Phi) is 6.39. The average Bonchev–Trinajstić information content (AvgIpc) is 2.93. The normalized spacial score (nSPS) is 15.9. The van der Waals surface area contributed by atoms with Crippen LogP contribution in [0.2, 0.25) is 0 Å². The van der Waals surface area contributed by atoms with Gasteiger partial charge in [0.15, 0.2) is 0 Å². The molecule has 2 aromatic carbocycles. The highest BCUT2D eigenvalue weighted by Crippen LogP contribution is 2.22. The van der Waals surface area contributed by atoms with Gasteiger partial charge in [0, 0.05) is 17.8 Å². The number of hydrogen-bond acceptors (Lipinski definition) is 5. The Hall–Kier alpha value is -3.68. The predicted octanol–water partition coefficient (Wildman–Crippen LogP) is 2.94. The van der Waals surface area contributed by atoms with Crippen molar-refractivity contribution in [2.75, 3.05) is 11.9 Å². The van der Waals surface area contributed by atoms with Crippen LogP contribution in [-0.4, -0.2) is 40.8 Å². The number of ether oxygens (including phenoxy) is 1. The number of imide groups is 1. The molecule has 1 saturated heterocycles. The summed E-state index contributed by atoms with van der Waals surface area (Å²) < 4.78 is 5.46. The van der Waals surface area contributed by atoms with Gasteiger partial charge in [0.2, 0.25) is 6.10 Å². The van der Waals surface area contributed by atoms with E-state index in [-0.39, 0.29) is 13.0 Å². The number of urea groups is 1. The van der Waals surface area contributed by atoms with Crippen LogP contribution in [0.5, 0.6) is 0 Å². The van der Waals surface area contributed by atoms with E-state index in [1.807, 2.05) is 19.1 Å². The molecule has 1 aliphatic heterocycles. The Bertz CT molecular complexity index is 986. The van der Waals surface area contributed by atoms with Crippen LogP contribution >= 0.6 is 0 Å². The number of benzene rings is 2. The lowest BCUT2D eigenvalue weighted by atomic mass is 10.1. The lowest BCUT2D eigenvalue weighted by Gasteiger charge is -2.19. The zero-order chi connectivity index (χ0) is 22.6. The van der Waals surface area contributed by atoms with E-state index < -0.39 is 35.5 Å². The zero-order valence-electron chi connectivity index (χ0n) is 17.7. The number of nitrogens with one attached hydrogen (secondary N) is 2. The molecule has 2 aromatic rings. The first-order chi connectivity index (χ1) is 14.7. The zero-order valence-corrected chi connectivity index (χ0v) is 17.7. The minimum atomic E-state index is -1.17. The van der Waals surface area contributed by atoms with E-state index in [2.05, 4.69) is 10.6 Å². The number of rotatable bonds is 7. The summed E-state index contributed by atoms with van der Waals surface area (Å²) in [7, 11) is 0. The number of esters is 1. The molecule has 8 heteroatoms. The van der Waals surface area contributed by atoms with Gasteiger partial charge in [-0.1, -0.05) is 48.0 Å². The molecule has 4 amide bonds. The molecule has 0 bridgehead atoms. The molecule has 0 saturated carbocycles. The van der Waals surface area contributed by atoms with Crippen LogP contribution in [0.1, 0.15) is 37.5 Å². The van der Waals surface area contributed by atoms with Crippen molar-refractivity contribution in [3.8, 4) is 0 Å². The van der Waals surface area contributed by atoms with Gasteiger partial charge in [-0.15, -0.1) is 0 Å². The molecule has 0 spiro atoms. The molecule has 1 heterocycles. The molecule has 3 rings (SSSR count). The number of hydrogen-bond donors (Lipinski definition) is 2. The molecule has 0 radical (unpaired) electrons. The fraction of sp³-hybridized carbons (Fsp3) is 0.304. The fourth-order valence-corrected chi connectivity index (χ4v) is 3.16. The van der Waals surface area contributed by atoms with Crippen molar-refractivity contribution in [1.29, 1.82) is 0 Å². The van der Waals surface area contributed by atoms with E-state index in [9.17, 15) is 19.2 Å². The van der Waals surface area contributed by atoms with Gasteiger partial charge in [-0.2, -0.15) is 0 Å². The molecule has 0 aliphatic carbocycles. The summed E-state index contributed by atoms with van der Waals surface area (Å²) in [5.41, 5.74) is 1.13. The summed E-state index contributed by atoms with van der Waals surface area (Å²) in [5.74, 6) is -1.61. The van der Waals surface area contributed by atoms with Crippen molar-refractivity contribution in [3.63, 3.8) is 0 Å². The van der Waals surface area contributed by atoms with E-state index in [4.69, 9.17) is 4.74 Å². The summed E-state index contributed by atoms with van der Waals surface area (Å²) in [6, 6.07) is 15.3. The van der Waals surface area contributed by atoms with Gasteiger partial charge >= 0.3 is 12.0 Å². The molecule has 162 valence electrons. The molecule has 2 N–H and O–H groups in total. The van der Waals surface area contributed by atoms with Crippen LogP contribution in [0.15, 0.2) is 54.6 Å². The number of nitrogens with zero attached hydrogens (tertiary/aromatic N) is 1. The quantitative estimate of drug-likeness (QED) is 0.526.